The van der Waals surface area contributed by atoms with Crippen molar-refractivity contribution >= 4 is 0 Å². The van der Waals surface area contributed by atoms with Gasteiger partial charge >= 0.3 is 0 Å². The molecule has 21 aromatic rings. The SMILES string of the molecule is C.C.C.CC1(C)c2cc(-c3nc(-c4ccccc4)nc(-c4ccccc4)n3)ccc2-c2ccc(-c3cccc4c3C(C)(C)c3ccccc3-4)cc21.CC1(C)c2ccccc2-c2cc(-c3ccc4c(c3)C(C)(C)c3cc(-c5nc(-c6ccccc6)nc(-c6ccccc6)n5)ccc3-4)ccc21.CC1(C)c2ccccc2-c2ccc(-c3ccc4c(c3)C(C)(C)c3cc(-c5nc(-c6ccccc6)nc(-c6ccccc6)n5)ccc3-4)cc21. The van der Waals surface area contributed by atoms with Crippen LogP contribution in [0.1, 0.15) is 172 Å². The molecule has 0 N–H and O–H groups in total. The van der Waals surface area contributed by atoms with E-state index in [4.69, 9.17) is 44.9 Å². The van der Waals surface area contributed by atoms with Crippen molar-refractivity contribution in [1.82, 2.24) is 44.9 Å². The van der Waals surface area contributed by atoms with E-state index in [-0.39, 0.29) is 54.8 Å². The Morgan fingerprint density at radius 2 is 0.293 bits per heavy atom. The van der Waals surface area contributed by atoms with Crippen molar-refractivity contribution in [2.24, 2.45) is 0 Å². The van der Waals surface area contributed by atoms with Crippen LogP contribution < -0.4 is 0 Å². The van der Waals surface area contributed by atoms with Gasteiger partial charge in [-0.1, -0.05) is 475 Å². The first-order valence-electron chi connectivity index (χ1n) is 50.1. The summed E-state index contributed by atoms with van der Waals surface area (Å²) in [6, 6.07) is 150. The van der Waals surface area contributed by atoms with Gasteiger partial charge in [0.05, 0.1) is 0 Å². The number of nitrogens with zero attached hydrogens (tertiary/aromatic N) is 9. The van der Waals surface area contributed by atoms with Gasteiger partial charge < -0.3 is 0 Å². The molecule has 147 heavy (non-hydrogen) atoms. The molecule has 0 radical (unpaired) electrons. The van der Waals surface area contributed by atoms with Crippen molar-refractivity contribution in [1.29, 1.82) is 0 Å². The van der Waals surface area contributed by atoms with Gasteiger partial charge in [0, 0.05) is 82.6 Å². The second kappa shape index (κ2) is 36.4. The molecule has 6 aliphatic rings. The van der Waals surface area contributed by atoms with Crippen molar-refractivity contribution < 1.29 is 0 Å². The number of fused-ring (bicyclic) bond motifs is 18. The van der Waals surface area contributed by atoms with Crippen LogP contribution >= 0.6 is 0 Å². The first-order valence-corrected chi connectivity index (χ1v) is 50.1. The lowest BCUT2D eigenvalue weighted by Gasteiger charge is -2.26. The number of aromatic nitrogens is 9. The molecule has 0 saturated carbocycles. The van der Waals surface area contributed by atoms with E-state index in [1.807, 2.05) is 109 Å². The van der Waals surface area contributed by atoms with Crippen LogP contribution in [0.2, 0.25) is 0 Å². The summed E-state index contributed by atoms with van der Waals surface area (Å²) in [5.41, 5.74) is 47.9. The van der Waals surface area contributed by atoms with Crippen LogP contribution in [0.15, 0.2) is 419 Å². The Hall–Kier alpha value is -17.0. The fraction of sp³-hybridized carbons (Fsp3) is 0.152. The lowest BCUT2D eigenvalue weighted by atomic mass is 9.77. The Kier molecular flexibility index (Phi) is 23.5. The standard InChI is InChI=1S/3C45H35N3.3CH4/c1-44(2)38-26-30(32-19-13-20-36-33-18-11-12-21-37(33)45(3,4)40(32)36)22-24-34(38)35-25-23-31(27-39(35)44)43-47-41(28-14-7-5-8-15-28)46-42(48-43)29-16-9-6-10-17-29;1-44(2)37-18-12-11-17-33(37)36-25-30(21-24-38(36)44)31-19-22-34-35-23-20-32(27-40(35)45(3,4)39(34)26-31)43-47-41(28-13-7-5-8-14-28)46-42(48-43)29-15-9-6-10-16-29;1-44(2)37-18-12-11-17-33(37)34-22-19-30(25-38(34)44)31-20-23-35-36-24-21-32(27-40(36)45(3,4)39(35)26-31)43-47-41(28-13-7-5-8-14-28)46-42(48-43)29-15-9-6-10-16-29;;;/h3*5-27H,1-4H3;3*1H4. The summed E-state index contributed by atoms with van der Waals surface area (Å²) in [6.07, 6.45) is 0. The van der Waals surface area contributed by atoms with Gasteiger partial charge in [-0.3, -0.25) is 0 Å². The molecule has 0 fully saturated rings. The number of benzene rings is 18. The van der Waals surface area contributed by atoms with Crippen LogP contribution in [0.3, 0.4) is 0 Å². The molecule has 714 valence electrons. The van der Waals surface area contributed by atoms with Crippen LogP contribution in [0.25, 0.3) is 203 Å². The van der Waals surface area contributed by atoms with Crippen LogP contribution in [0, 0.1) is 0 Å². The van der Waals surface area contributed by atoms with Crippen LogP contribution in [0.5, 0.6) is 0 Å². The van der Waals surface area contributed by atoms with Crippen LogP contribution in [-0.4, -0.2) is 44.9 Å². The smallest absolute Gasteiger partial charge is 0.164 e. The normalized spacial score (nSPS) is 14.3. The second-order valence-corrected chi connectivity index (χ2v) is 42.3. The maximum atomic E-state index is 5.02. The molecule has 18 aromatic carbocycles. The second-order valence-electron chi connectivity index (χ2n) is 42.3. The zero-order chi connectivity index (χ0) is 97.9. The maximum absolute atomic E-state index is 5.02. The molecular formula is C138H117N9. The van der Waals surface area contributed by atoms with Crippen LogP contribution in [-0.2, 0) is 32.5 Å². The molecule has 0 unspecified atom stereocenters. The highest BCUT2D eigenvalue weighted by Crippen LogP contribution is 2.59. The lowest BCUT2D eigenvalue weighted by Crippen LogP contribution is -2.17. The van der Waals surface area contributed by atoms with E-state index in [9.17, 15) is 0 Å². The Balaban J connectivity index is 0.000000124. The highest BCUT2D eigenvalue weighted by molar-refractivity contribution is 5.95. The summed E-state index contributed by atoms with van der Waals surface area (Å²) in [7, 11) is 0. The Morgan fingerprint density at radius 1 is 0.116 bits per heavy atom. The largest absolute Gasteiger partial charge is 0.208 e. The van der Waals surface area contributed by atoms with E-state index in [1.165, 1.54) is 167 Å². The number of hydrogen-bond donors (Lipinski definition) is 0. The summed E-state index contributed by atoms with van der Waals surface area (Å²) < 4.78 is 0. The average molecular weight is 1900 g/mol. The third-order valence-electron chi connectivity index (χ3n) is 31.6. The van der Waals surface area contributed by atoms with E-state index in [0.29, 0.717) is 52.4 Å². The van der Waals surface area contributed by atoms with Gasteiger partial charge in [0.1, 0.15) is 0 Å². The molecule has 6 aliphatic carbocycles. The molecule has 9 nitrogen and oxygen atoms in total. The van der Waals surface area contributed by atoms with E-state index < -0.39 is 0 Å². The fourth-order valence-electron chi connectivity index (χ4n) is 23.8. The molecule has 3 aromatic heterocycles. The van der Waals surface area contributed by atoms with Gasteiger partial charge in [-0.15, -0.1) is 0 Å². The monoisotopic (exact) mass is 1900 g/mol. The molecule has 3 heterocycles. The van der Waals surface area contributed by atoms with E-state index >= 15 is 0 Å². The molecule has 0 saturated heterocycles. The maximum Gasteiger partial charge on any atom is 0.164 e. The van der Waals surface area contributed by atoms with Crippen molar-refractivity contribution in [3.8, 4) is 203 Å². The predicted octanol–water partition coefficient (Wildman–Crippen LogP) is 35.4. The Labute approximate surface area is 864 Å². The van der Waals surface area contributed by atoms with E-state index in [1.54, 1.807) is 0 Å². The van der Waals surface area contributed by atoms with E-state index in [0.717, 1.165) is 50.1 Å². The first kappa shape index (κ1) is 94.9. The highest BCUT2D eigenvalue weighted by Gasteiger charge is 2.44. The van der Waals surface area contributed by atoms with E-state index in [2.05, 4.69) is 392 Å². The Bertz CT molecular complexity index is 8600. The zero-order valence-electron chi connectivity index (χ0n) is 82.9. The van der Waals surface area contributed by atoms with Gasteiger partial charge in [-0.25, -0.2) is 44.9 Å². The Morgan fingerprint density at radius 3 is 0.592 bits per heavy atom. The molecular weight excluding hydrogens is 1780 g/mol. The van der Waals surface area contributed by atoms with Crippen LogP contribution in [0.4, 0.5) is 0 Å². The molecule has 0 spiro atoms. The van der Waals surface area contributed by atoms with Crippen molar-refractivity contribution in [2.75, 3.05) is 0 Å². The van der Waals surface area contributed by atoms with Gasteiger partial charge in [0.2, 0.25) is 0 Å². The van der Waals surface area contributed by atoms with Gasteiger partial charge in [0.15, 0.2) is 52.4 Å². The molecule has 0 amide bonds. The lowest BCUT2D eigenvalue weighted by molar-refractivity contribution is 0.659. The summed E-state index contributed by atoms with van der Waals surface area (Å²) >= 11 is 0. The number of rotatable bonds is 12. The minimum absolute atomic E-state index is 0. The molecule has 9 heteroatoms. The minimum atomic E-state index is -0.204. The van der Waals surface area contributed by atoms with Crippen molar-refractivity contribution in [2.45, 2.75) is 138 Å². The highest BCUT2D eigenvalue weighted by atomic mass is 15.1. The van der Waals surface area contributed by atoms with Gasteiger partial charge in [0.25, 0.3) is 0 Å². The third kappa shape index (κ3) is 15.9. The first-order chi connectivity index (χ1) is 69.9. The molecule has 0 bridgehead atoms. The summed E-state index contributed by atoms with van der Waals surface area (Å²) in [6.45, 7) is 28.1. The predicted molar refractivity (Wildman–Crippen MR) is 610 cm³/mol. The molecule has 0 atom stereocenters. The number of hydrogen-bond acceptors (Lipinski definition) is 9. The summed E-state index contributed by atoms with van der Waals surface area (Å²) in [5.74, 6) is 6.08. The minimum Gasteiger partial charge on any atom is -0.208 e. The zero-order valence-corrected chi connectivity index (χ0v) is 82.9. The van der Waals surface area contributed by atoms with Crippen molar-refractivity contribution in [3.05, 3.63) is 485 Å². The molecule has 27 rings (SSSR count). The topological polar surface area (TPSA) is 116 Å². The van der Waals surface area contributed by atoms with Crippen molar-refractivity contribution in [3.63, 3.8) is 0 Å². The third-order valence-corrected chi connectivity index (χ3v) is 31.6. The summed E-state index contributed by atoms with van der Waals surface area (Å²) in [5, 5.41) is 0. The molecule has 0 aliphatic heterocycles. The quantitative estimate of drug-likeness (QED) is 0.118. The summed E-state index contributed by atoms with van der Waals surface area (Å²) in [4.78, 5) is 44.7. The van der Waals surface area contributed by atoms with Gasteiger partial charge in [-0.05, 0) is 215 Å². The average Bonchev–Trinajstić information content (AvgIpc) is 1.53. The fourth-order valence-corrected chi connectivity index (χ4v) is 23.8. The van der Waals surface area contributed by atoms with Gasteiger partial charge in [-0.2, -0.15) is 0 Å².